The number of nitrogens with zero attached hydrogens (tertiary/aromatic N) is 1. The zero-order valence-electron chi connectivity index (χ0n) is 14.2. The van der Waals surface area contributed by atoms with Crippen molar-refractivity contribution in [2.75, 3.05) is 45.9 Å². The van der Waals surface area contributed by atoms with E-state index in [9.17, 15) is 5.11 Å². The third-order valence-corrected chi connectivity index (χ3v) is 3.80. The van der Waals surface area contributed by atoms with Gasteiger partial charge >= 0.3 is 0 Å². The van der Waals surface area contributed by atoms with Crippen LogP contribution in [0.5, 0.6) is 0 Å². The lowest BCUT2D eigenvalue weighted by molar-refractivity contribution is -0.0306. The maximum Gasteiger partial charge on any atom is 0.0897 e. The van der Waals surface area contributed by atoms with Crippen molar-refractivity contribution in [2.45, 2.75) is 52.4 Å². The summed E-state index contributed by atoms with van der Waals surface area (Å²) < 4.78 is 11.4. The Labute approximate surface area is 130 Å². The van der Waals surface area contributed by atoms with E-state index in [0.717, 1.165) is 39.2 Å². The van der Waals surface area contributed by atoms with Crippen molar-refractivity contribution in [3.63, 3.8) is 0 Å². The Morgan fingerprint density at radius 2 is 2.14 bits per heavy atom. The Morgan fingerprint density at radius 1 is 1.38 bits per heavy atom. The largest absolute Gasteiger partial charge is 0.389 e. The molecule has 3 atom stereocenters. The molecule has 0 aliphatic carbocycles. The van der Waals surface area contributed by atoms with E-state index in [1.165, 1.54) is 0 Å². The summed E-state index contributed by atoms with van der Waals surface area (Å²) in [6, 6.07) is 0. The predicted molar refractivity (Wildman–Crippen MR) is 85.6 cm³/mol. The van der Waals surface area contributed by atoms with Gasteiger partial charge < -0.3 is 19.9 Å². The van der Waals surface area contributed by atoms with Gasteiger partial charge in [-0.15, -0.1) is 0 Å². The maximum atomic E-state index is 9.92. The summed E-state index contributed by atoms with van der Waals surface area (Å²) in [6.45, 7) is 14.2. The molecule has 0 radical (unpaired) electrons. The summed E-state index contributed by atoms with van der Waals surface area (Å²) in [5, 5.41) is 13.2. The van der Waals surface area contributed by atoms with Crippen molar-refractivity contribution in [2.24, 2.45) is 5.92 Å². The molecule has 1 heterocycles. The molecule has 0 aromatic carbocycles. The van der Waals surface area contributed by atoms with Crippen molar-refractivity contribution < 1.29 is 14.6 Å². The SMILES string of the molecule is CCN1CCOC(CNCC(O)COC(C)CC(C)C)C1. The van der Waals surface area contributed by atoms with Crippen molar-refractivity contribution in [1.82, 2.24) is 10.2 Å². The van der Waals surface area contributed by atoms with Gasteiger partial charge in [-0.1, -0.05) is 20.8 Å². The molecular weight excluding hydrogens is 268 g/mol. The summed E-state index contributed by atoms with van der Waals surface area (Å²) >= 11 is 0. The molecule has 0 aromatic rings. The number of rotatable bonds is 10. The third kappa shape index (κ3) is 8.73. The fraction of sp³-hybridized carbons (Fsp3) is 1.00. The number of nitrogens with one attached hydrogen (secondary N) is 1. The molecule has 0 bridgehead atoms. The number of hydrogen-bond acceptors (Lipinski definition) is 5. The van der Waals surface area contributed by atoms with Gasteiger partial charge in [-0.05, 0) is 25.8 Å². The molecular formula is C16H34N2O3. The van der Waals surface area contributed by atoms with E-state index in [0.29, 0.717) is 19.1 Å². The normalized spacial score (nSPS) is 23.4. The molecule has 2 N–H and O–H groups in total. The predicted octanol–water partition coefficient (Wildman–Crippen LogP) is 1.11. The van der Waals surface area contributed by atoms with Crippen molar-refractivity contribution >= 4 is 0 Å². The van der Waals surface area contributed by atoms with Gasteiger partial charge in [0.1, 0.15) is 0 Å². The van der Waals surface area contributed by atoms with Crippen molar-refractivity contribution in [3.8, 4) is 0 Å². The van der Waals surface area contributed by atoms with Crippen LogP contribution >= 0.6 is 0 Å². The molecule has 0 aromatic heterocycles. The highest BCUT2D eigenvalue weighted by atomic mass is 16.5. The standard InChI is InChI=1S/C16H34N2O3/c1-5-18-6-7-20-16(11-18)10-17-9-15(19)12-21-14(4)8-13(2)3/h13-17,19H,5-12H2,1-4H3. The van der Waals surface area contributed by atoms with E-state index in [1.807, 2.05) is 0 Å². The Bertz CT molecular complexity index is 264. The van der Waals surface area contributed by atoms with E-state index in [-0.39, 0.29) is 12.2 Å². The van der Waals surface area contributed by atoms with Gasteiger partial charge in [0.2, 0.25) is 0 Å². The molecule has 5 heteroatoms. The maximum absolute atomic E-state index is 9.92. The number of aliphatic hydroxyl groups excluding tert-OH is 1. The molecule has 0 amide bonds. The molecule has 0 spiro atoms. The fourth-order valence-corrected chi connectivity index (χ4v) is 2.67. The molecule has 1 aliphatic rings. The van der Waals surface area contributed by atoms with E-state index in [2.05, 4.69) is 37.9 Å². The number of likely N-dealkylation sites (N-methyl/N-ethyl adjacent to an activating group) is 1. The summed E-state index contributed by atoms with van der Waals surface area (Å²) in [6.07, 6.45) is 1.01. The lowest BCUT2D eigenvalue weighted by Gasteiger charge is -2.32. The lowest BCUT2D eigenvalue weighted by atomic mass is 10.1. The van der Waals surface area contributed by atoms with E-state index < -0.39 is 6.10 Å². The monoisotopic (exact) mass is 302 g/mol. The summed E-state index contributed by atoms with van der Waals surface area (Å²) in [5.74, 6) is 0.625. The third-order valence-electron chi connectivity index (χ3n) is 3.80. The number of hydrogen-bond donors (Lipinski definition) is 2. The molecule has 5 nitrogen and oxygen atoms in total. The Balaban J connectivity index is 2.06. The topological polar surface area (TPSA) is 54.0 Å². The van der Waals surface area contributed by atoms with Gasteiger partial charge in [-0.2, -0.15) is 0 Å². The van der Waals surface area contributed by atoms with Crippen LogP contribution in [0.3, 0.4) is 0 Å². The van der Waals surface area contributed by atoms with Crippen molar-refractivity contribution in [1.29, 1.82) is 0 Å². The average Bonchev–Trinajstić information content (AvgIpc) is 2.44. The van der Waals surface area contributed by atoms with Crippen molar-refractivity contribution in [3.05, 3.63) is 0 Å². The van der Waals surface area contributed by atoms with Gasteiger partial charge in [-0.3, -0.25) is 4.90 Å². The van der Waals surface area contributed by atoms with Crippen LogP contribution < -0.4 is 5.32 Å². The quantitative estimate of drug-likeness (QED) is 0.633. The Hall–Kier alpha value is -0.200. The van der Waals surface area contributed by atoms with E-state index in [1.54, 1.807) is 0 Å². The highest BCUT2D eigenvalue weighted by Gasteiger charge is 2.19. The summed E-state index contributed by atoms with van der Waals surface area (Å²) in [7, 11) is 0. The molecule has 126 valence electrons. The van der Waals surface area contributed by atoms with E-state index >= 15 is 0 Å². The second kappa shape index (κ2) is 10.5. The Morgan fingerprint density at radius 3 is 2.81 bits per heavy atom. The highest BCUT2D eigenvalue weighted by molar-refractivity contribution is 4.73. The number of morpholine rings is 1. The van der Waals surface area contributed by atoms with Crippen LogP contribution in [0.2, 0.25) is 0 Å². The first kappa shape index (κ1) is 18.8. The van der Waals surface area contributed by atoms with Gasteiger partial charge in [0.05, 0.1) is 31.5 Å². The molecule has 21 heavy (non-hydrogen) atoms. The number of aliphatic hydroxyl groups is 1. The van der Waals surface area contributed by atoms with Crippen LogP contribution in [0.4, 0.5) is 0 Å². The molecule has 1 saturated heterocycles. The van der Waals surface area contributed by atoms with Gasteiger partial charge in [-0.25, -0.2) is 0 Å². The molecule has 3 unspecified atom stereocenters. The minimum atomic E-state index is -0.453. The summed E-state index contributed by atoms with van der Waals surface area (Å²) in [5.41, 5.74) is 0. The molecule has 1 aliphatic heterocycles. The van der Waals surface area contributed by atoms with Crippen LogP contribution in [0, 0.1) is 5.92 Å². The number of ether oxygens (including phenoxy) is 2. The smallest absolute Gasteiger partial charge is 0.0897 e. The summed E-state index contributed by atoms with van der Waals surface area (Å²) in [4.78, 5) is 2.39. The van der Waals surface area contributed by atoms with Gasteiger partial charge in [0, 0.05) is 26.2 Å². The first-order chi connectivity index (χ1) is 10.0. The average molecular weight is 302 g/mol. The van der Waals surface area contributed by atoms with Crippen LogP contribution in [0.1, 0.15) is 34.1 Å². The molecule has 1 rings (SSSR count). The lowest BCUT2D eigenvalue weighted by Crippen LogP contribution is -2.47. The zero-order chi connectivity index (χ0) is 15.7. The minimum Gasteiger partial charge on any atom is -0.389 e. The fourth-order valence-electron chi connectivity index (χ4n) is 2.67. The second-order valence-electron chi connectivity index (χ2n) is 6.47. The molecule has 0 saturated carbocycles. The highest BCUT2D eigenvalue weighted by Crippen LogP contribution is 2.08. The van der Waals surface area contributed by atoms with Gasteiger partial charge in [0.25, 0.3) is 0 Å². The van der Waals surface area contributed by atoms with Crippen LogP contribution in [-0.2, 0) is 9.47 Å². The van der Waals surface area contributed by atoms with Gasteiger partial charge in [0.15, 0.2) is 0 Å². The van der Waals surface area contributed by atoms with Crippen LogP contribution in [-0.4, -0.2) is 74.3 Å². The van der Waals surface area contributed by atoms with E-state index in [4.69, 9.17) is 9.47 Å². The molecule has 1 fully saturated rings. The first-order valence-corrected chi connectivity index (χ1v) is 8.35. The zero-order valence-corrected chi connectivity index (χ0v) is 14.2. The minimum absolute atomic E-state index is 0.208. The van der Waals surface area contributed by atoms with Crippen LogP contribution in [0.15, 0.2) is 0 Å². The Kier molecular flexibility index (Phi) is 9.44. The second-order valence-corrected chi connectivity index (χ2v) is 6.47. The first-order valence-electron chi connectivity index (χ1n) is 8.35. The van der Waals surface area contributed by atoms with Crippen LogP contribution in [0.25, 0.3) is 0 Å².